The molecule has 1 fully saturated rings. The van der Waals surface area contributed by atoms with Gasteiger partial charge in [0.1, 0.15) is 0 Å². The third kappa shape index (κ3) is 2.72. The molecule has 1 aromatic carbocycles. The highest BCUT2D eigenvalue weighted by Gasteiger charge is 2.53. The van der Waals surface area contributed by atoms with Crippen molar-refractivity contribution in [3.8, 4) is 0 Å². The predicted molar refractivity (Wildman–Crippen MR) is 94.6 cm³/mol. The van der Waals surface area contributed by atoms with Crippen LogP contribution in [0.3, 0.4) is 0 Å². The van der Waals surface area contributed by atoms with Gasteiger partial charge < -0.3 is 9.64 Å². The van der Waals surface area contributed by atoms with E-state index in [0.29, 0.717) is 6.54 Å². The first kappa shape index (κ1) is 18.5. The summed E-state index contributed by atoms with van der Waals surface area (Å²) in [7, 11) is 1.40. The number of likely N-dealkylation sites (tertiary alicyclic amines) is 1. The maximum absolute atomic E-state index is 13.4. The van der Waals surface area contributed by atoms with Gasteiger partial charge in [0.05, 0.1) is 23.5 Å². The van der Waals surface area contributed by atoms with E-state index in [0.717, 1.165) is 18.4 Å². The second-order valence-corrected chi connectivity index (χ2v) is 7.93. The van der Waals surface area contributed by atoms with Crippen LogP contribution in [-0.2, 0) is 19.7 Å². The van der Waals surface area contributed by atoms with Crippen molar-refractivity contribution >= 4 is 11.9 Å². The van der Waals surface area contributed by atoms with Crippen LogP contribution in [0.15, 0.2) is 30.3 Å². The minimum Gasteiger partial charge on any atom is -0.469 e. The molecule has 0 aromatic heterocycles. The molecule has 24 heavy (non-hydrogen) atoms. The van der Waals surface area contributed by atoms with Gasteiger partial charge >= 0.3 is 5.97 Å². The van der Waals surface area contributed by atoms with Crippen LogP contribution in [0.4, 0.5) is 0 Å². The Morgan fingerprint density at radius 2 is 1.75 bits per heavy atom. The smallest absolute Gasteiger partial charge is 0.313 e. The van der Waals surface area contributed by atoms with Crippen molar-refractivity contribution in [2.45, 2.75) is 58.4 Å². The van der Waals surface area contributed by atoms with E-state index < -0.39 is 16.4 Å². The molecule has 0 aliphatic carbocycles. The van der Waals surface area contributed by atoms with Gasteiger partial charge in [0.25, 0.3) is 0 Å². The Morgan fingerprint density at radius 3 is 2.29 bits per heavy atom. The molecule has 1 aliphatic rings. The van der Waals surface area contributed by atoms with Crippen LogP contribution in [0.25, 0.3) is 0 Å². The Bertz CT molecular complexity index is 621. The van der Waals surface area contributed by atoms with Crippen molar-refractivity contribution in [1.82, 2.24) is 4.90 Å². The van der Waals surface area contributed by atoms with Crippen molar-refractivity contribution in [3.05, 3.63) is 35.9 Å². The fraction of sp³-hybridized carbons (Fsp3) is 0.600. The van der Waals surface area contributed by atoms with E-state index in [-0.39, 0.29) is 11.9 Å². The Hall–Kier alpha value is -1.84. The van der Waals surface area contributed by atoms with Crippen LogP contribution in [0.2, 0.25) is 0 Å². The lowest BCUT2D eigenvalue weighted by Gasteiger charge is -2.52. The first-order valence-corrected chi connectivity index (χ1v) is 8.55. The van der Waals surface area contributed by atoms with Gasteiger partial charge in [-0.25, -0.2) is 0 Å². The molecule has 0 spiro atoms. The standard InChI is InChI=1S/C20H29NO3/c1-18(2,17(23)24-6)19(3,4)21-14-10-13-20(5,16(21)22)15-11-8-7-9-12-15/h7-9,11-12H,10,13-14H2,1-6H3. The SMILES string of the molecule is COC(=O)C(C)(C)C(C)(C)N1CCCC(C)(c2ccccc2)C1=O. The molecule has 1 aromatic rings. The highest BCUT2D eigenvalue weighted by molar-refractivity contribution is 5.90. The summed E-state index contributed by atoms with van der Waals surface area (Å²) in [6, 6.07) is 9.93. The van der Waals surface area contributed by atoms with Crippen molar-refractivity contribution in [2.75, 3.05) is 13.7 Å². The number of carbonyl (C=O) groups is 2. The van der Waals surface area contributed by atoms with Crippen molar-refractivity contribution in [3.63, 3.8) is 0 Å². The van der Waals surface area contributed by atoms with E-state index in [1.807, 2.05) is 69.9 Å². The van der Waals surface area contributed by atoms with E-state index in [1.165, 1.54) is 7.11 Å². The topological polar surface area (TPSA) is 46.6 Å². The average molecular weight is 331 g/mol. The number of esters is 1. The number of carbonyl (C=O) groups excluding carboxylic acids is 2. The van der Waals surface area contributed by atoms with Gasteiger partial charge in [0, 0.05) is 6.54 Å². The molecule has 0 bridgehead atoms. The zero-order chi connectivity index (χ0) is 18.2. The molecule has 4 heteroatoms. The molecule has 4 nitrogen and oxygen atoms in total. The summed E-state index contributed by atoms with van der Waals surface area (Å²) in [5, 5.41) is 0. The lowest BCUT2D eigenvalue weighted by atomic mass is 9.69. The summed E-state index contributed by atoms with van der Waals surface area (Å²) in [4.78, 5) is 27.6. The quantitative estimate of drug-likeness (QED) is 0.793. The van der Waals surface area contributed by atoms with Crippen LogP contribution in [-0.4, -0.2) is 36.0 Å². The van der Waals surface area contributed by atoms with E-state index >= 15 is 0 Å². The van der Waals surface area contributed by atoms with Crippen LogP contribution in [0.5, 0.6) is 0 Å². The van der Waals surface area contributed by atoms with Crippen molar-refractivity contribution in [2.24, 2.45) is 5.41 Å². The number of rotatable bonds is 4. The normalized spacial score (nSPS) is 22.4. The Kier molecular flexibility index (Phi) is 4.80. The maximum atomic E-state index is 13.4. The predicted octanol–water partition coefficient (Wildman–Crippen LogP) is 3.54. The Morgan fingerprint density at radius 1 is 1.17 bits per heavy atom. The molecule has 1 unspecified atom stereocenters. The van der Waals surface area contributed by atoms with Crippen molar-refractivity contribution in [1.29, 1.82) is 0 Å². The van der Waals surface area contributed by atoms with Gasteiger partial charge in [0.15, 0.2) is 0 Å². The molecular formula is C20H29NO3. The third-order valence-electron chi connectivity index (χ3n) is 6.09. The Labute approximate surface area is 145 Å². The van der Waals surface area contributed by atoms with Gasteiger partial charge in [-0.2, -0.15) is 0 Å². The minimum absolute atomic E-state index is 0.0851. The van der Waals surface area contributed by atoms with Crippen LogP contribution >= 0.6 is 0 Å². The lowest BCUT2D eigenvalue weighted by molar-refractivity contribution is -0.167. The molecule has 1 atom stereocenters. The zero-order valence-corrected chi connectivity index (χ0v) is 15.7. The average Bonchev–Trinajstić information content (AvgIpc) is 2.57. The monoisotopic (exact) mass is 331 g/mol. The number of piperidine rings is 1. The molecule has 132 valence electrons. The fourth-order valence-corrected chi connectivity index (χ4v) is 3.55. The molecule has 1 saturated heterocycles. The largest absolute Gasteiger partial charge is 0.469 e. The molecule has 1 amide bonds. The minimum atomic E-state index is -0.799. The Balaban J connectivity index is 2.42. The summed E-state index contributed by atoms with van der Waals surface area (Å²) in [6.45, 7) is 10.3. The first-order chi connectivity index (χ1) is 11.1. The molecule has 1 aliphatic heterocycles. The molecule has 0 saturated carbocycles. The lowest BCUT2D eigenvalue weighted by Crippen LogP contribution is -2.64. The number of ether oxygens (including phenoxy) is 1. The fourth-order valence-electron chi connectivity index (χ4n) is 3.55. The third-order valence-corrected chi connectivity index (χ3v) is 6.09. The number of benzene rings is 1. The van der Waals surface area contributed by atoms with Crippen LogP contribution < -0.4 is 0 Å². The summed E-state index contributed by atoms with van der Waals surface area (Å²) < 4.78 is 4.99. The highest BCUT2D eigenvalue weighted by atomic mass is 16.5. The van der Waals surface area contributed by atoms with Gasteiger partial charge in [-0.15, -0.1) is 0 Å². The number of nitrogens with zero attached hydrogens (tertiary/aromatic N) is 1. The number of amides is 1. The van der Waals surface area contributed by atoms with Gasteiger partial charge in [-0.1, -0.05) is 30.3 Å². The van der Waals surface area contributed by atoms with Crippen LogP contribution in [0.1, 0.15) is 53.0 Å². The second-order valence-electron chi connectivity index (χ2n) is 7.93. The molecular weight excluding hydrogens is 302 g/mol. The molecule has 0 radical (unpaired) electrons. The van der Waals surface area contributed by atoms with Gasteiger partial charge in [-0.05, 0) is 53.0 Å². The van der Waals surface area contributed by atoms with E-state index in [9.17, 15) is 9.59 Å². The second kappa shape index (κ2) is 6.23. The number of hydrogen-bond acceptors (Lipinski definition) is 3. The zero-order valence-electron chi connectivity index (χ0n) is 15.7. The summed E-state index contributed by atoms with van der Waals surface area (Å²) in [5.74, 6) is -0.214. The van der Waals surface area contributed by atoms with Crippen LogP contribution in [0, 0.1) is 5.41 Å². The number of hydrogen-bond donors (Lipinski definition) is 0. The molecule has 1 heterocycles. The van der Waals surface area contributed by atoms with Gasteiger partial charge in [0.2, 0.25) is 5.91 Å². The van der Waals surface area contributed by atoms with E-state index in [1.54, 1.807) is 0 Å². The van der Waals surface area contributed by atoms with Gasteiger partial charge in [-0.3, -0.25) is 9.59 Å². The molecule has 0 N–H and O–H groups in total. The summed E-state index contributed by atoms with van der Waals surface area (Å²) in [6.07, 6.45) is 1.74. The summed E-state index contributed by atoms with van der Waals surface area (Å²) >= 11 is 0. The van der Waals surface area contributed by atoms with E-state index in [4.69, 9.17) is 4.74 Å². The van der Waals surface area contributed by atoms with E-state index in [2.05, 4.69) is 0 Å². The maximum Gasteiger partial charge on any atom is 0.313 e. The molecule has 2 rings (SSSR count). The summed E-state index contributed by atoms with van der Waals surface area (Å²) in [5.41, 5.74) is -0.963. The first-order valence-electron chi connectivity index (χ1n) is 8.55. The number of methoxy groups -OCH3 is 1. The highest BCUT2D eigenvalue weighted by Crippen LogP contribution is 2.43. The van der Waals surface area contributed by atoms with Crippen molar-refractivity contribution < 1.29 is 14.3 Å².